The maximum absolute atomic E-state index is 10.9. The SMILES string of the molecule is C.C.C.C.C=CC(=O)OCOc1ccc(-c2ccc(OCOC(=O)C=C)cc2)cc1. The summed E-state index contributed by atoms with van der Waals surface area (Å²) in [6.45, 7) is 6.25. The van der Waals surface area contributed by atoms with Gasteiger partial charge in [-0.25, -0.2) is 9.59 Å². The van der Waals surface area contributed by atoms with Crippen LogP contribution >= 0.6 is 0 Å². The molecule has 0 N–H and O–H groups in total. The predicted molar refractivity (Wildman–Crippen MR) is 122 cm³/mol. The summed E-state index contributed by atoms with van der Waals surface area (Å²) < 4.78 is 20.1. The lowest BCUT2D eigenvalue weighted by Gasteiger charge is -2.09. The van der Waals surface area contributed by atoms with E-state index in [1.807, 2.05) is 24.3 Å². The quantitative estimate of drug-likeness (QED) is 0.281. The van der Waals surface area contributed by atoms with Crippen molar-refractivity contribution in [3.05, 3.63) is 73.8 Å². The summed E-state index contributed by atoms with van der Waals surface area (Å²) in [6, 6.07) is 14.6. The van der Waals surface area contributed by atoms with Crippen LogP contribution in [0.3, 0.4) is 0 Å². The molecule has 2 aromatic rings. The third-order valence-electron chi connectivity index (χ3n) is 3.23. The van der Waals surface area contributed by atoms with E-state index in [1.54, 1.807) is 24.3 Å². The average molecular weight is 419 g/mol. The minimum Gasteiger partial charge on any atom is -0.457 e. The summed E-state index contributed by atoms with van der Waals surface area (Å²) in [5.74, 6) is 0.0792. The second kappa shape index (κ2) is 16.4. The molecule has 0 radical (unpaired) electrons. The molecule has 0 heterocycles. The van der Waals surface area contributed by atoms with Gasteiger partial charge in [0.15, 0.2) is 0 Å². The van der Waals surface area contributed by atoms with E-state index >= 15 is 0 Å². The summed E-state index contributed by atoms with van der Waals surface area (Å²) in [4.78, 5) is 21.8. The van der Waals surface area contributed by atoms with Gasteiger partial charge >= 0.3 is 11.9 Å². The van der Waals surface area contributed by atoms with Crippen LogP contribution in [0, 0.1) is 0 Å². The zero-order valence-corrected chi connectivity index (χ0v) is 14.1. The van der Waals surface area contributed by atoms with Gasteiger partial charge in [-0.2, -0.15) is 0 Å². The predicted octanol–water partition coefficient (Wildman–Crippen LogP) is 6.03. The van der Waals surface area contributed by atoms with Crippen LogP contribution in [0.5, 0.6) is 11.5 Å². The van der Waals surface area contributed by atoms with E-state index in [0.717, 1.165) is 23.3 Å². The lowest BCUT2D eigenvalue weighted by molar-refractivity contribution is -0.145. The molecule has 30 heavy (non-hydrogen) atoms. The number of rotatable bonds is 9. The van der Waals surface area contributed by atoms with E-state index in [4.69, 9.17) is 18.9 Å². The number of carbonyl (C=O) groups is 2. The summed E-state index contributed by atoms with van der Waals surface area (Å²) in [5, 5.41) is 0. The number of benzene rings is 2. The van der Waals surface area contributed by atoms with Crippen molar-refractivity contribution >= 4 is 11.9 Å². The van der Waals surface area contributed by atoms with Crippen LogP contribution in [0.1, 0.15) is 29.7 Å². The Kier molecular flexibility index (Phi) is 17.1. The molecule has 6 nitrogen and oxygen atoms in total. The Bertz CT molecular complexity index is 696. The molecular weight excluding hydrogens is 384 g/mol. The van der Waals surface area contributed by atoms with Gasteiger partial charge in [0.2, 0.25) is 13.6 Å². The van der Waals surface area contributed by atoms with Gasteiger partial charge in [-0.15, -0.1) is 0 Å². The lowest BCUT2D eigenvalue weighted by Crippen LogP contribution is -2.07. The van der Waals surface area contributed by atoms with Crippen LogP contribution in [-0.2, 0) is 19.1 Å². The normalized spacial score (nSPS) is 8.40. The lowest BCUT2D eigenvalue weighted by atomic mass is 10.1. The summed E-state index contributed by atoms with van der Waals surface area (Å²) in [7, 11) is 0. The molecule has 0 aliphatic heterocycles. The van der Waals surface area contributed by atoms with Gasteiger partial charge in [0.1, 0.15) is 11.5 Å². The highest BCUT2D eigenvalue weighted by atomic mass is 16.7. The molecule has 0 aromatic heterocycles. The van der Waals surface area contributed by atoms with E-state index in [1.165, 1.54) is 0 Å². The van der Waals surface area contributed by atoms with Gasteiger partial charge in [-0.1, -0.05) is 67.1 Å². The Morgan fingerprint density at radius 1 is 0.633 bits per heavy atom. The zero-order valence-electron chi connectivity index (χ0n) is 14.1. The molecule has 0 aliphatic rings. The summed E-state index contributed by atoms with van der Waals surface area (Å²) in [6.07, 6.45) is 2.15. The van der Waals surface area contributed by atoms with Gasteiger partial charge in [0, 0.05) is 12.2 Å². The van der Waals surface area contributed by atoms with Gasteiger partial charge in [-0.05, 0) is 35.4 Å². The molecule has 0 saturated carbocycles. The summed E-state index contributed by atoms with van der Waals surface area (Å²) in [5.41, 5.74) is 1.95. The Morgan fingerprint density at radius 3 is 1.20 bits per heavy atom. The van der Waals surface area contributed by atoms with Crippen molar-refractivity contribution in [1.82, 2.24) is 0 Å². The first-order valence-corrected chi connectivity index (χ1v) is 7.67. The van der Waals surface area contributed by atoms with Crippen molar-refractivity contribution in [2.45, 2.75) is 29.7 Å². The summed E-state index contributed by atoms with van der Waals surface area (Å²) >= 11 is 0. The molecule has 0 unspecified atom stereocenters. The smallest absolute Gasteiger partial charge is 0.333 e. The van der Waals surface area contributed by atoms with Crippen molar-refractivity contribution in [2.24, 2.45) is 0 Å². The molecule has 0 amide bonds. The topological polar surface area (TPSA) is 71.1 Å². The molecule has 2 aromatic carbocycles. The molecule has 0 bridgehead atoms. The Hall–Kier alpha value is -3.54. The van der Waals surface area contributed by atoms with Crippen LogP contribution in [0.4, 0.5) is 0 Å². The number of carbonyl (C=O) groups excluding carboxylic acids is 2. The van der Waals surface area contributed by atoms with Gasteiger partial charge in [0.05, 0.1) is 0 Å². The van der Waals surface area contributed by atoms with Crippen LogP contribution < -0.4 is 9.47 Å². The van der Waals surface area contributed by atoms with Crippen LogP contribution in [0.25, 0.3) is 11.1 Å². The molecule has 0 aliphatic carbocycles. The second-order valence-corrected chi connectivity index (χ2v) is 4.91. The highest BCUT2D eigenvalue weighted by Gasteiger charge is 2.02. The van der Waals surface area contributed by atoms with E-state index in [2.05, 4.69) is 13.2 Å². The van der Waals surface area contributed by atoms with Crippen molar-refractivity contribution in [2.75, 3.05) is 13.6 Å². The largest absolute Gasteiger partial charge is 0.457 e. The van der Waals surface area contributed by atoms with Crippen molar-refractivity contribution < 1.29 is 28.5 Å². The monoisotopic (exact) mass is 418 g/mol. The molecule has 6 heteroatoms. The van der Waals surface area contributed by atoms with E-state index in [0.29, 0.717) is 11.5 Å². The molecule has 0 atom stereocenters. The van der Waals surface area contributed by atoms with Crippen molar-refractivity contribution in [3.8, 4) is 22.6 Å². The minimum atomic E-state index is -0.539. The molecular formula is C24H34O6. The Labute approximate surface area is 180 Å². The van der Waals surface area contributed by atoms with E-state index in [9.17, 15) is 9.59 Å². The molecule has 0 spiro atoms. The van der Waals surface area contributed by atoms with Crippen molar-refractivity contribution in [3.63, 3.8) is 0 Å². The third-order valence-corrected chi connectivity index (χ3v) is 3.23. The zero-order chi connectivity index (χ0) is 18.8. The standard InChI is InChI=1S/C20H18O6.4CH4/c1-3-19(21)25-13-23-17-9-5-15(6-10-17)16-7-11-18(12-8-16)24-14-26-20(22)4-2;;;;/h3-12H,1-2,13-14H2;4*1H4. The maximum Gasteiger partial charge on any atom is 0.333 e. The highest BCUT2D eigenvalue weighted by Crippen LogP contribution is 2.24. The average Bonchev–Trinajstić information content (AvgIpc) is 2.68. The maximum atomic E-state index is 10.9. The first-order valence-electron chi connectivity index (χ1n) is 7.67. The second-order valence-electron chi connectivity index (χ2n) is 4.91. The highest BCUT2D eigenvalue weighted by molar-refractivity contribution is 5.81. The van der Waals surface area contributed by atoms with Gasteiger partial charge < -0.3 is 18.9 Å². The molecule has 0 saturated heterocycles. The van der Waals surface area contributed by atoms with Crippen LogP contribution in [0.15, 0.2) is 73.8 Å². The van der Waals surface area contributed by atoms with E-state index < -0.39 is 11.9 Å². The number of ether oxygens (including phenoxy) is 4. The minimum absolute atomic E-state index is 0. The number of hydrogen-bond acceptors (Lipinski definition) is 6. The molecule has 0 fully saturated rings. The fourth-order valence-corrected chi connectivity index (χ4v) is 1.92. The Morgan fingerprint density at radius 2 is 0.933 bits per heavy atom. The van der Waals surface area contributed by atoms with Crippen LogP contribution in [0.2, 0.25) is 0 Å². The first-order chi connectivity index (χ1) is 12.6. The molecule has 2 rings (SSSR count). The van der Waals surface area contributed by atoms with E-state index in [-0.39, 0.29) is 43.3 Å². The third kappa shape index (κ3) is 10.1. The fraction of sp³-hybridized carbons (Fsp3) is 0.250. The van der Waals surface area contributed by atoms with Gasteiger partial charge in [-0.3, -0.25) is 0 Å². The number of hydrogen-bond donors (Lipinski definition) is 0. The van der Waals surface area contributed by atoms with Crippen molar-refractivity contribution in [1.29, 1.82) is 0 Å². The van der Waals surface area contributed by atoms with Gasteiger partial charge in [0.25, 0.3) is 0 Å². The Balaban J connectivity index is -0.00000182. The molecule has 166 valence electrons. The van der Waals surface area contributed by atoms with Crippen LogP contribution in [-0.4, -0.2) is 25.5 Å². The number of esters is 2. The fourth-order valence-electron chi connectivity index (χ4n) is 1.92. The first kappa shape index (κ1) is 31.2.